The van der Waals surface area contributed by atoms with Crippen LogP contribution in [0.4, 0.5) is 11.4 Å². The van der Waals surface area contributed by atoms with Gasteiger partial charge in [0, 0.05) is 25.0 Å². The smallest absolute Gasteiger partial charge is 0.119 e. The van der Waals surface area contributed by atoms with Crippen LogP contribution in [0.3, 0.4) is 0 Å². The zero-order valence-electron chi connectivity index (χ0n) is 11.4. The van der Waals surface area contributed by atoms with Crippen molar-refractivity contribution in [1.29, 1.82) is 0 Å². The third-order valence-corrected chi connectivity index (χ3v) is 2.88. The van der Waals surface area contributed by atoms with E-state index in [2.05, 4.69) is 34.9 Å². The summed E-state index contributed by atoms with van der Waals surface area (Å²) in [5.74, 6) is 0.908. The molecule has 3 heteroatoms. The van der Waals surface area contributed by atoms with Crippen LogP contribution in [0.5, 0.6) is 5.75 Å². The lowest BCUT2D eigenvalue weighted by Crippen LogP contribution is -2.00. The SMILES string of the molecule is CCOc1ccc(NCc2cccc(NC)c2)cc1. The first-order valence-electron chi connectivity index (χ1n) is 6.55. The molecule has 0 aliphatic carbocycles. The van der Waals surface area contributed by atoms with Crippen molar-refractivity contribution in [2.75, 3.05) is 24.3 Å². The summed E-state index contributed by atoms with van der Waals surface area (Å²) >= 11 is 0. The van der Waals surface area contributed by atoms with Gasteiger partial charge in [0.25, 0.3) is 0 Å². The van der Waals surface area contributed by atoms with Crippen molar-refractivity contribution in [3.05, 3.63) is 54.1 Å². The highest BCUT2D eigenvalue weighted by molar-refractivity contribution is 5.49. The number of nitrogens with one attached hydrogen (secondary N) is 2. The van der Waals surface area contributed by atoms with Crippen molar-refractivity contribution in [3.63, 3.8) is 0 Å². The van der Waals surface area contributed by atoms with Crippen LogP contribution in [0.2, 0.25) is 0 Å². The summed E-state index contributed by atoms with van der Waals surface area (Å²) in [5.41, 5.74) is 3.48. The second-order valence-corrected chi connectivity index (χ2v) is 4.26. The summed E-state index contributed by atoms with van der Waals surface area (Å²) < 4.78 is 5.42. The van der Waals surface area contributed by atoms with Crippen LogP contribution in [0, 0.1) is 0 Å². The van der Waals surface area contributed by atoms with Gasteiger partial charge in [-0.25, -0.2) is 0 Å². The Labute approximate surface area is 114 Å². The second kappa shape index (κ2) is 6.69. The molecule has 0 bridgehead atoms. The van der Waals surface area contributed by atoms with Gasteiger partial charge in [-0.15, -0.1) is 0 Å². The van der Waals surface area contributed by atoms with Gasteiger partial charge in [0.05, 0.1) is 6.61 Å². The lowest BCUT2D eigenvalue weighted by atomic mass is 10.2. The minimum atomic E-state index is 0.698. The fraction of sp³-hybridized carbons (Fsp3) is 0.250. The minimum Gasteiger partial charge on any atom is -0.494 e. The standard InChI is InChI=1S/C16H20N2O/c1-3-19-16-9-7-14(8-10-16)18-12-13-5-4-6-15(11-13)17-2/h4-11,17-18H,3,12H2,1-2H3. The summed E-state index contributed by atoms with van der Waals surface area (Å²) in [5, 5.41) is 6.54. The summed E-state index contributed by atoms with van der Waals surface area (Å²) in [6.07, 6.45) is 0. The normalized spacial score (nSPS) is 10.0. The summed E-state index contributed by atoms with van der Waals surface area (Å²) in [6.45, 7) is 3.49. The van der Waals surface area contributed by atoms with Crippen LogP contribution >= 0.6 is 0 Å². The number of hydrogen-bond donors (Lipinski definition) is 2. The van der Waals surface area contributed by atoms with Crippen LogP contribution in [0.25, 0.3) is 0 Å². The van der Waals surface area contributed by atoms with Gasteiger partial charge in [-0.05, 0) is 48.9 Å². The van der Waals surface area contributed by atoms with E-state index in [0.717, 1.165) is 23.7 Å². The quantitative estimate of drug-likeness (QED) is 0.826. The number of hydrogen-bond acceptors (Lipinski definition) is 3. The maximum atomic E-state index is 5.42. The Morgan fingerprint density at radius 2 is 1.79 bits per heavy atom. The first kappa shape index (κ1) is 13.3. The molecule has 0 saturated carbocycles. The van der Waals surface area contributed by atoms with Crippen LogP contribution in [0.15, 0.2) is 48.5 Å². The van der Waals surface area contributed by atoms with Gasteiger partial charge >= 0.3 is 0 Å². The molecule has 0 aliphatic rings. The fourth-order valence-electron chi connectivity index (χ4n) is 1.88. The Bertz CT molecular complexity index is 508. The summed E-state index contributed by atoms with van der Waals surface area (Å²) in [4.78, 5) is 0. The number of anilines is 2. The Kier molecular flexibility index (Phi) is 4.67. The Morgan fingerprint density at radius 1 is 1.00 bits per heavy atom. The molecule has 0 spiro atoms. The van der Waals surface area contributed by atoms with E-state index in [1.807, 2.05) is 38.2 Å². The third-order valence-electron chi connectivity index (χ3n) is 2.88. The predicted octanol–water partition coefficient (Wildman–Crippen LogP) is 3.74. The van der Waals surface area contributed by atoms with Crippen LogP contribution < -0.4 is 15.4 Å². The lowest BCUT2D eigenvalue weighted by molar-refractivity contribution is 0.340. The molecule has 0 aliphatic heterocycles. The molecule has 2 rings (SSSR count). The molecule has 0 atom stereocenters. The fourth-order valence-corrected chi connectivity index (χ4v) is 1.88. The molecule has 2 N–H and O–H groups in total. The Balaban J connectivity index is 1.94. The minimum absolute atomic E-state index is 0.698. The molecule has 0 radical (unpaired) electrons. The molecule has 0 aromatic heterocycles. The zero-order valence-corrected chi connectivity index (χ0v) is 11.4. The zero-order chi connectivity index (χ0) is 13.5. The van der Waals surface area contributed by atoms with E-state index in [9.17, 15) is 0 Å². The second-order valence-electron chi connectivity index (χ2n) is 4.26. The molecular formula is C16H20N2O. The van der Waals surface area contributed by atoms with Gasteiger partial charge in [-0.1, -0.05) is 12.1 Å². The molecular weight excluding hydrogens is 236 g/mol. The lowest BCUT2D eigenvalue weighted by Gasteiger charge is -2.09. The molecule has 0 unspecified atom stereocenters. The Hall–Kier alpha value is -2.16. The van der Waals surface area contributed by atoms with Crippen molar-refractivity contribution in [2.24, 2.45) is 0 Å². The van der Waals surface area contributed by atoms with Gasteiger partial charge in [-0.3, -0.25) is 0 Å². The van der Waals surface area contributed by atoms with E-state index in [4.69, 9.17) is 4.74 Å². The van der Waals surface area contributed by atoms with Gasteiger partial charge in [-0.2, -0.15) is 0 Å². The van der Waals surface area contributed by atoms with Gasteiger partial charge in [0.2, 0.25) is 0 Å². The van der Waals surface area contributed by atoms with E-state index in [1.54, 1.807) is 0 Å². The first-order chi connectivity index (χ1) is 9.31. The maximum Gasteiger partial charge on any atom is 0.119 e. The highest BCUT2D eigenvalue weighted by atomic mass is 16.5. The van der Waals surface area contributed by atoms with E-state index in [0.29, 0.717) is 6.61 Å². The molecule has 0 amide bonds. The van der Waals surface area contributed by atoms with Crippen molar-refractivity contribution in [1.82, 2.24) is 0 Å². The van der Waals surface area contributed by atoms with E-state index in [-0.39, 0.29) is 0 Å². The molecule has 2 aromatic carbocycles. The highest BCUT2D eigenvalue weighted by Crippen LogP contribution is 2.17. The van der Waals surface area contributed by atoms with Gasteiger partial charge in [0.1, 0.15) is 5.75 Å². The van der Waals surface area contributed by atoms with E-state index < -0.39 is 0 Å². The largest absolute Gasteiger partial charge is 0.494 e. The van der Waals surface area contributed by atoms with E-state index in [1.165, 1.54) is 5.56 Å². The summed E-state index contributed by atoms with van der Waals surface area (Å²) in [7, 11) is 1.93. The molecule has 100 valence electrons. The van der Waals surface area contributed by atoms with E-state index >= 15 is 0 Å². The Morgan fingerprint density at radius 3 is 2.47 bits per heavy atom. The third kappa shape index (κ3) is 3.91. The van der Waals surface area contributed by atoms with Gasteiger partial charge < -0.3 is 15.4 Å². The van der Waals surface area contributed by atoms with Crippen molar-refractivity contribution < 1.29 is 4.74 Å². The number of ether oxygens (including phenoxy) is 1. The molecule has 2 aromatic rings. The molecule has 19 heavy (non-hydrogen) atoms. The number of rotatable bonds is 6. The predicted molar refractivity (Wildman–Crippen MR) is 80.9 cm³/mol. The monoisotopic (exact) mass is 256 g/mol. The summed E-state index contributed by atoms with van der Waals surface area (Å²) in [6, 6.07) is 16.4. The van der Waals surface area contributed by atoms with Crippen molar-refractivity contribution >= 4 is 11.4 Å². The molecule has 0 saturated heterocycles. The number of benzene rings is 2. The van der Waals surface area contributed by atoms with Gasteiger partial charge in [0.15, 0.2) is 0 Å². The highest BCUT2D eigenvalue weighted by Gasteiger charge is 1.97. The van der Waals surface area contributed by atoms with Crippen molar-refractivity contribution in [3.8, 4) is 5.75 Å². The molecule has 3 nitrogen and oxygen atoms in total. The van der Waals surface area contributed by atoms with Crippen LogP contribution in [0.1, 0.15) is 12.5 Å². The first-order valence-corrected chi connectivity index (χ1v) is 6.55. The van der Waals surface area contributed by atoms with Crippen molar-refractivity contribution in [2.45, 2.75) is 13.5 Å². The van der Waals surface area contributed by atoms with Crippen LogP contribution in [-0.2, 0) is 6.54 Å². The van der Waals surface area contributed by atoms with Crippen LogP contribution in [-0.4, -0.2) is 13.7 Å². The average molecular weight is 256 g/mol. The average Bonchev–Trinajstić information content (AvgIpc) is 2.47. The molecule has 0 heterocycles. The topological polar surface area (TPSA) is 33.3 Å². The maximum absolute atomic E-state index is 5.42. The molecule has 0 fully saturated rings.